The zero-order valence-electron chi connectivity index (χ0n) is 11.2. The highest BCUT2D eigenvalue weighted by Crippen LogP contribution is 2.36. The van der Waals surface area contributed by atoms with Gasteiger partial charge in [0.05, 0.1) is 5.56 Å². The number of rotatable bonds is 2. The molecule has 0 bridgehead atoms. The van der Waals surface area contributed by atoms with Gasteiger partial charge in [-0.05, 0) is 23.6 Å². The number of ether oxygens (including phenoxy) is 2. The van der Waals surface area contributed by atoms with Crippen LogP contribution >= 0.6 is 0 Å². The smallest absolute Gasteiger partial charge is 0.342 e. The molecule has 1 heterocycles. The summed E-state index contributed by atoms with van der Waals surface area (Å²) in [4.78, 5) is 12.2. The van der Waals surface area contributed by atoms with Crippen LogP contribution in [-0.4, -0.2) is 5.97 Å². The van der Waals surface area contributed by atoms with Crippen molar-refractivity contribution in [3.05, 3.63) is 77.9 Å². The monoisotopic (exact) mass is 276 g/mol. The standard InChI is InChI=1S/C18H12O3/c19-17-14-10-4-6-12-7-5-11-15(16(12)14)18(21-17)20-13-8-2-1-3-9-13/h1-11,18H. The average Bonchev–Trinajstić information content (AvgIpc) is 2.53. The molecule has 0 radical (unpaired) electrons. The molecule has 21 heavy (non-hydrogen) atoms. The van der Waals surface area contributed by atoms with Crippen LogP contribution in [0.15, 0.2) is 66.7 Å². The fourth-order valence-electron chi connectivity index (χ4n) is 2.67. The minimum absolute atomic E-state index is 0.347. The highest BCUT2D eigenvalue weighted by atomic mass is 16.7. The van der Waals surface area contributed by atoms with Gasteiger partial charge in [-0.25, -0.2) is 4.79 Å². The van der Waals surface area contributed by atoms with Gasteiger partial charge in [-0.15, -0.1) is 0 Å². The SMILES string of the molecule is O=C1OC(Oc2ccccc2)c2cccc3cccc1c23. The van der Waals surface area contributed by atoms with E-state index in [1.165, 1.54) is 0 Å². The Morgan fingerprint density at radius 2 is 1.62 bits per heavy atom. The first kappa shape index (κ1) is 12.0. The van der Waals surface area contributed by atoms with Crippen LogP contribution in [0.2, 0.25) is 0 Å². The van der Waals surface area contributed by atoms with Crippen molar-refractivity contribution in [1.29, 1.82) is 0 Å². The lowest BCUT2D eigenvalue weighted by Crippen LogP contribution is -2.22. The van der Waals surface area contributed by atoms with Gasteiger partial charge < -0.3 is 9.47 Å². The summed E-state index contributed by atoms with van der Waals surface area (Å²) < 4.78 is 11.3. The molecule has 3 aromatic rings. The Kier molecular flexibility index (Phi) is 2.64. The van der Waals surface area contributed by atoms with E-state index >= 15 is 0 Å². The maximum absolute atomic E-state index is 12.2. The number of hydrogen-bond acceptors (Lipinski definition) is 3. The van der Waals surface area contributed by atoms with E-state index in [1.54, 1.807) is 6.07 Å². The second kappa shape index (κ2) is 4.63. The van der Waals surface area contributed by atoms with Gasteiger partial charge in [-0.2, -0.15) is 0 Å². The van der Waals surface area contributed by atoms with Gasteiger partial charge in [0.15, 0.2) is 0 Å². The lowest BCUT2D eigenvalue weighted by Gasteiger charge is -2.26. The quantitative estimate of drug-likeness (QED) is 0.661. The zero-order chi connectivity index (χ0) is 14.2. The van der Waals surface area contributed by atoms with E-state index in [4.69, 9.17) is 9.47 Å². The molecule has 0 aliphatic carbocycles. The maximum Gasteiger partial charge on any atom is 0.342 e. The van der Waals surface area contributed by atoms with Crippen LogP contribution < -0.4 is 4.74 Å². The van der Waals surface area contributed by atoms with E-state index in [1.807, 2.05) is 60.7 Å². The minimum Gasteiger partial charge on any atom is -0.450 e. The third kappa shape index (κ3) is 1.94. The summed E-state index contributed by atoms with van der Waals surface area (Å²) in [5.74, 6) is 0.326. The van der Waals surface area contributed by atoms with E-state index in [-0.39, 0.29) is 5.97 Å². The van der Waals surface area contributed by atoms with Crippen molar-refractivity contribution in [1.82, 2.24) is 0 Å². The lowest BCUT2D eigenvalue weighted by molar-refractivity contribution is -0.0522. The van der Waals surface area contributed by atoms with Crippen molar-refractivity contribution < 1.29 is 14.3 Å². The second-order valence-electron chi connectivity index (χ2n) is 4.92. The van der Waals surface area contributed by atoms with Crippen molar-refractivity contribution in [3.63, 3.8) is 0 Å². The fraction of sp³-hybridized carbons (Fsp3) is 0.0556. The first-order chi connectivity index (χ1) is 10.3. The second-order valence-corrected chi connectivity index (χ2v) is 4.92. The normalized spacial score (nSPS) is 16.6. The molecule has 1 unspecified atom stereocenters. The molecule has 1 aliphatic rings. The summed E-state index contributed by atoms with van der Waals surface area (Å²) in [5.41, 5.74) is 1.47. The van der Waals surface area contributed by atoms with Crippen molar-refractivity contribution in [2.75, 3.05) is 0 Å². The number of benzene rings is 3. The van der Waals surface area contributed by atoms with Crippen molar-refractivity contribution in [2.45, 2.75) is 6.29 Å². The molecular weight excluding hydrogens is 264 g/mol. The predicted molar refractivity (Wildman–Crippen MR) is 79.2 cm³/mol. The third-order valence-corrected chi connectivity index (χ3v) is 3.61. The number of cyclic esters (lactones) is 1. The molecule has 0 spiro atoms. The first-order valence-corrected chi connectivity index (χ1v) is 6.77. The van der Waals surface area contributed by atoms with Gasteiger partial charge in [0.2, 0.25) is 0 Å². The number of hydrogen-bond donors (Lipinski definition) is 0. The topological polar surface area (TPSA) is 35.5 Å². The van der Waals surface area contributed by atoms with Crippen molar-refractivity contribution in [2.24, 2.45) is 0 Å². The van der Waals surface area contributed by atoms with Gasteiger partial charge in [0.25, 0.3) is 6.29 Å². The van der Waals surface area contributed by atoms with Crippen molar-refractivity contribution in [3.8, 4) is 5.75 Å². The molecule has 102 valence electrons. The molecular formula is C18H12O3. The highest BCUT2D eigenvalue weighted by Gasteiger charge is 2.29. The van der Waals surface area contributed by atoms with Crippen LogP contribution in [0.3, 0.4) is 0 Å². The molecule has 0 aromatic heterocycles. The molecule has 3 aromatic carbocycles. The predicted octanol–water partition coefficient (Wildman–Crippen LogP) is 4.09. The number of para-hydroxylation sites is 1. The van der Waals surface area contributed by atoms with E-state index in [0.717, 1.165) is 16.3 Å². The molecule has 3 nitrogen and oxygen atoms in total. The fourth-order valence-corrected chi connectivity index (χ4v) is 2.67. The van der Waals surface area contributed by atoms with Crippen molar-refractivity contribution >= 4 is 16.7 Å². The Labute approximate surface area is 121 Å². The van der Waals surface area contributed by atoms with Crippen LogP contribution in [0.4, 0.5) is 0 Å². The summed E-state index contributed by atoms with van der Waals surface area (Å²) in [6.07, 6.45) is -0.710. The van der Waals surface area contributed by atoms with Crippen LogP contribution in [0.1, 0.15) is 22.2 Å². The van der Waals surface area contributed by atoms with Gasteiger partial charge >= 0.3 is 5.97 Å². The Balaban J connectivity index is 1.85. The zero-order valence-corrected chi connectivity index (χ0v) is 11.2. The molecule has 0 saturated heterocycles. The van der Waals surface area contributed by atoms with Gasteiger partial charge in [-0.3, -0.25) is 0 Å². The van der Waals surface area contributed by atoms with Gasteiger partial charge in [0, 0.05) is 10.9 Å². The molecule has 1 atom stereocenters. The molecule has 1 aliphatic heterocycles. The number of carbonyl (C=O) groups excluding carboxylic acids is 1. The van der Waals surface area contributed by atoms with E-state index < -0.39 is 6.29 Å². The van der Waals surface area contributed by atoms with E-state index in [9.17, 15) is 4.79 Å². The van der Waals surface area contributed by atoms with Crippen LogP contribution in [0, 0.1) is 0 Å². The average molecular weight is 276 g/mol. The summed E-state index contributed by atoms with van der Waals surface area (Å²) in [6, 6.07) is 20.9. The van der Waals surface area contributed by atoms with Crippen LogP contribution in [-0.2, 0) is 4.74 Å². The molecule has 0 amide bonds. The number of carbonyl (C=O) groups is 1. The third-order valence-electron chi connectivity index (χ3n) is 3.61. The summed E-state index contributed by atoms with van der Waals surface area (Å²) in [5, 5.41) is 1.93. The van der Waals surface area contributed by atoms with Crippen LogP contribution in [0.25, 0.3) is 10.8 Å². The molecule has 0 saturated carbocycles. The Bertz CT molecular complexity index is 819. The van der Waals surface area contributed by atoms with Gasteiger partial charge in [0.1, 0.15) is 5.75 Å². The molecule has 3 heteroatoms. The minimum atomic E-state index is -0.710. The lowest BCUT2D eigenvalue weighted by atomic mass is 9.97. The Morgan fingerprint density at radius 3 is 2.43 bits per heavy atom. The number of esters is 1. The largest absolute Gasteiger partial charge is 0.450 e. The highest BCUT2D eigenvalue weighted by molar-refractivity contribution is 6.07. The molecule has 4 rings (SSSR count). The van der Waals surface area contributed by atoms with Crippen LogP contribution in [0.5, 0.6) is 5.75 Å². The summed E-state index contributed by atoms with van der Waals surface area (Å²) >= 11 is 0. The van der Waals surface area contributed by atoms with Gasteiger partial charge in [-0.1, -0.05) is 48.5 Å². The Morgan fingerprint density at radius 1 is 0.857 bits per heavy atom. The van der Waals surface area contributed by atoms with E-state index in [0.29, 0.717) is 11.3 Å². The molecule has 0 fully saturated rings. The summed E-state index contributed by atoms with van der Waals surface area (Å²) in [6.45, 7) is 0. The first-order valence-electron chi connectivity index (χ1n) is 6.77. The maximum atomic E-state index is 12.2. The summed E-state index contributed by atoms with van der Waals surface area (Å²) in [7, 11) is 0. The van der Waals surface area contributed by atoms with E-state index in [2.05, 4.69) is 0 Å². The Hall–Kier alpha value is -2.81. The molecule has 0 N–H and O–H groups in total.